The summed E-state index contributed by atoms with van der Waals surface area (Å²) >= 11 is 0. The molecule has 0 aliphatic carbocycles. The minimum atomic E-state index is 0.000558. The second-order valence-corrected chi connectivity index (χ2v) is 4.00. The van der Waals surface area contributed by atoms with E-state index in [4.69, 9.17) is 0 Å². The number of carbonyl (C=O) groups excluding carboxylic acids is 1. The highest BCUT2D eigenvalue weighted by atomic mass is 16.1. The van der Waals surface area contributed by atoms with Crippen molar-refractivity contribution >= 4 is 5.78 Å². The summed E-state index contributed by atoms with van der Waals surface area (Å²) < 4.78 is 0. The van der Waals surface area contributed by atoms with E-state index in [1.54, 1.807) is 24.5 Å². The van der Waals surface area contributed by atoms with Gasteiger partial charge in [0.25, 0.3) is 0 Å². The molecule has 0 aliphatic heterocycles. The quantitative estimate of drug-likeness (QED) is 0.677. The molecule has 0 unspecified atom stereocenters. The number of rotatable bonds is 4. The van der Waals surface area contributed by atoms with Gasteiger partial charge in [-0.05, 0) is 0 Å². The fraction of sp³-hybridized carbons (Fsp3) is 0.0833. The van der Waals surface area contributed by atoms with Crippen molar-refractivity contribution in [3.05, 3.63) is 47.9 Å². The van der Waals surface area contributed by atoms with Crippen molar-refractivity contribution in [1.29, 1.82) is 0 Å². The number of H-pyrrole nitrogens is 2. The third kappa shape index (κ3) is 2.39. The van der Waals surface area contributed by atoms with E-state index < -0.39 is 0 Å². The molecule has 0 saturated carbocycles. The summed E-state index contributed by atoms with van der Waals surface area (Å²) in [4.78, 5) is 12.0. The lowest BCUT2D eigenvalue weighted by atomic mass is 10.0. The van der Waals surface area contributed by atoms with E-state index in [1.165, 1.54) is 0 Å². The molecule has 0 bridgehead atoms. The van der Waals surface area contributed by atoms with Crippen LogP contribution in [0.3, 0.4) is 0 Å². The van der Waals surface area contributed by atoms with E-state index in [2.05, 4.69) is 30.8 Å². The summed E-state index contributed by atoms with van der Waals surface area (Å²) in [5.74, 6) is 0.000558. The molecule has 7 heteroatoms. The average molecular weight is 254 g/mol. The molecule has 0 amide bonds. The SMILES string of the molecule is O=C(Cc1c[nH]nn1)c1ccc(-c2c[nH]nn2)cc1. The van der Waals surface area contributed by atoms with Crippen molar-refractivity contribution in [2.45, 2.75) is 6.42 Å². The predicted molar refractivity (Wildman–Crippen MR) is 66.2 cm³/mol. The summed E-state index contributed by atoms with van der Waals surface area (Å²) in [7, 11) is 0. The molecule has 2 aromatic heterocycles. The first-order valence-corrected chi connectivity index (χ1v) is 5.68. The van der Waals surface area contributed by atoms with Crippen LogP contribution in [0.2, 0.25) is 0 Å². The molecule has 2 heterocycles. The van der Waals surface area contributed by atoms with Gasteiger partial charge >= 0.3 is 0 Å². The van der Waals surface area contributed by atoms with Crippen LogP contribution in [0, 0.1) is 0 Å². The molecule has 3 rings (SSSR count). The van der Waals surface area contributed by atoms with Crippen molar-refractivity contribution in [3.8, 4) is 11.3 Å². The van der Waals surface area contributed by atoms with Gasteiger partial charge < -0.3 is 0 Å². The van der Waals surface area contributed by atoms with E-state index in [9.17, 15) is 4.79 Å². The summed E-state index contributed by atoms with van der Waals surface area (Å²) in [5, 5.41) is 20.1. The Kier molecular flexibility index (Phi) is 2.85. The first-order valence-electron chi connectivity index (χ1n) is 5.68. The third-order valence-electron chi connectivity index (χ3n) is 2.73. The second-order valence-electron chi connectivity index (χ2n) is 4.00. The molecule has 0 fully saturated rings. The Balaban J connectivity index is 1.77. The van der Waals surface area contributed by atoms with Gasteiger partial charge in [-0.2, -0.15) is 0 Å². The third-order valence-corrected chi connectivity index (χ3v) is 2.73. The van der Waals surface area contributed by atoms with Gasteiger partial charge in [-0.25, -0.2) is 0 Å². The van der Waals surface area contributed by atoms with Crippen molar-refractivity contribution < 1.29 is 4.79 Å². The number of aromatic amines is 2. The molecule has 0 radical (unpaired) electrons. The molecule has 7 nitrogen and oxygen atoms in total. The van der Waals surface area contributed by atoms with E-state index in [1.807, 2.05) is 12.1 Å². The lowest BCUT2D eigenvalue weighted by molar-refractivity contribution is 0.0992. The molecule has 0 spiro atoms. The number of nitrogens with one attached hydrogen (secondary N) is 2. The Morgan fingerprint density at radius 1 is 1.00 bits per heavy atom. The molecule has 0 atom stereocenters. The largest absolute Gasteiger partial charge is 0.294 e. The van der Waals surface area contributed by atoms with Crippen LogP contribution >= 0.6 is 0 Å². The van der Waals surface area contributed by atoms with E-state index >= 15 is 0 Å². The zero-order valence-electron chi connectivity index (χ0n) is 9.87. The predicted octanol–water partition coefficient (Wildman–Crippen LogP) is 1.02. The lowest BCUT2D eigenvalue weighted by Crippen LogP contribution is -2.03. The molecule has 19 heavy (non-hydrogen) atoms. The fourth-order valence-electron chi connectivity index (χ4n) is 1.75. The normalized spacial score (nSPS) is 10.5. The van der Waals surface area contributed by atoms with Gasteiger partial charge in [0, 0.05) is 23.5 Å². The summed E-state index contributed by atoms with van der Waals surface area (Å²) in [6.45, 7) is 0. The molecule has 0 aliphatic rings. The first-order chi connectivity index (χ1) is 9.33. The van der Waals surface area contributed by atoms with Crippen molar-refractivity contribution in [1.82, 2.24) is 30.8 Å². The number of aromatic nitrogens is 6. The molecular formula is C12H10N6O. The Bertz CT molecular complexity index is 657. The summed E-state index contributed by atoms with van der Waals surface area (Å²) in [6.07, 6.45) is 3.55. The minimum Gasteiger partial charge on any atom is -0.294 e. The maximum absolute atomic E-state index is 12.0. The van der Waals surface area contributed by atoms with Gasteiger partial charge in [0.2, 0.25) is 0 Å². The van der Waals surface area contributed by atoms with Crippen LogP contribution in [-0.4, -0.2) is 36.6 Å². The Hall–Kier alpha value is -2.83. The van der Waals surface area contributed by atoms with Gasteiger partial charge in [-0.3, -0.25) is 15.0 Å². The monoisotopic (exact) mass is 254 g/mol. The average Bonchev–Trinajstić information content (AvgIpc) is 3.12. The van der Waals surface area contributed by atoms with E-state index in [0.717, 1.165) is 11.3 Å². The Morgan fingerprint density at radius 2 is 1.74 bits per heavy atom. The molecule has 0 saturated heterocycles. The molecule has 94 valence electrons. The lowest BCUT2D eigenvalue weighted by Gasteiger charge is -2.00. The van der Waals surface area contributed by atoms with Crippen LogP contribution in [-0.2, 0) is 6.42 Å². The summed E-state index contributed by atoms with van der Waals surface area (Å²) in [5.41, 5.74) is 2.92. The van der Waals surface area contributed by atoms with Crippen LogP contribution in [0.15, 0.2) is 36.7 Å². The minimum absolute atomic E-state index is 0.000558. The van der Waals surface area contributed by atoms with Crippen molar-refractivity contribution in [2.24, 2.45) is 0 Å². The van der Waals surface area contributed by atoms with Crippen LogP contribution in [0.5, 0.6) is 0 Å². The molecular weight excluding hydrogens is 244 g/mol. The van der Waals surface area contributed by atoms with Crippen molar-refractivity contribution in [2.75, 3.05) is 0 Å². The van der Waals surface area contributed by atoms with Gasteiger partial charge in [-0.1, -0.05) is 34.7 Å². The smallest absolute Gasteiger partial charge is 0.168 e. The van der Waals surface area contributed by atoms with E-state index in [0.29, 0.717) is 11.3 Å². The van der Waals surface area contributed by atoms with Crippen molar-refractivity contribution in [3.63, 3.8) is 0 Å². The van der Waals surface area contributed by atoms with Gasteiger partial charge in [0.1, 0.15) is 5.69 Å². The second kappa shape index (κ2) is 4.81. The van der Waals surface area contributed by atoms with Crippen LogP contribution in [0.4, 0.5) is 0 Å². The first kappa shape index (κ1) is 11.3. The topological polar surface area (TPSA) is 100 Å². The maximum atomic E-state index is 12.0. The van der Waals surface area contributed by atoms with Crippen LogP contribution < -0.4 is 0 Å². The zero-order chi connectivity index (χ0) is 13.1. The van der Waals surface area contributed by atoms with E-state index in [-0.39, 0.29) is 12.2 Å². The number of nitrogens with zero attached hydrogens (tertiary/aromatic N) is 4. The van der Waals surface area contributed by atoms with Gasteiger partial charge in [-0.15, -0.1) is 10.2 Å². The number of benzene rings is 1. The zero-order valence-corrected chi connectivity index (χ0v) is 9.87. The fourth-order valence-corrected chi connectivity index (χ4v) is 1.75. The highest BCUT2D eigenvalue weighted by molar-refractivity contribution is 5.97. The van der Waals surface area contributed by atoms with Crippen LogP contribution in [0.25, 0.3) is 11.3 Å². The Labute approximate surface area is 108 Å². The number of carbonyl (C=O) groups is 1. The highest BCUT2D eigenvalue weighted by Crippen LogP contribution is 2.16. The number of hydrogen-bond donors (Lipinski definition) is 2. The van der Waals surface area contributed by atoms with Crippen LogP contribution in [0.1, 0.15) is 16.1 Å². The molecule has 2 N–H and O–H groups in total. The maximum Gasteiger partial charge on any atom is 0.168 e. The Morgan fingerprint density at radius 3 is 2.37 bits per heavy atom. The number of hydrogen-bond acceptors (Lipinski definition) is 5. The standard InChI is InChI=1S/C12H10N6O/c19-12(5-10-6-13-17-15-10)9-3-1-8(2-4-9)11-7-14-18-16-11/h1-4,6-7H,5H2,(H,13,15,17)(H,14,16,18). The van der Waals surface area contributed by atoms with Gasteiger partial charge in [0.15, 0.2) is 5.78 Å². The summed E-state index contributed by atoms with van der Waals surface area (Å²) in [6, 6.07) is 7.22. The van der Waals surface area contributed by atoms with Gasteiger partial charge in [0.05, 0.1) is 12.1 Å². The number of Topliss-reactive ketones (excluding diaryl/α,β-unsaturated/α-hetero) is 1. The molecule has 3 aromatic rings. The number of ketones is 1. The highest BCUT2D eigenvalue weighted by Gasteiger charge is 2.09. The molecule has 1 aromatic carbocycles.